The zero-order chi connectivity index (χ0) is 16.9. The summed E-state index contributed by atoms with van der Waals surface area (Å²) in [5.41, 5.74) is 0.798. The SMILES string of the molecule is CC(=O)c1ccc(NC(=O)CC2(CC(=O)O)CCCCC2)cc1. The Morgan fingerprint density at radius 2 is 1.65 bits per heavy atom. The average molecular weight is 317 g/mol. The molecule has 5 nitrogen and oxygen atoms in total. The number of amides is 1. The Morgan fingerprint density at radius 3 is 2.17 bits per heavy atom. The molecule has 1 aliphatic carbocycles. The van der Waals surface area contributed by atoms with Gasteiger partial charge < -0.3 is 10.4 Å². The third kappa shape index (κ3) is 4.91. The number of carbonyl (C=O) groups excluding carboxylic acids is 2. The normalized spacial score (nSPS) is 16.6. The van der Waals surface area contributed by atoms with Crippen LogP contribution in [0.1, 0.15) is 62.2 Å². The number of carbonyl (C=O) groups is 3. The van der Waals surface area contributed by atoms with Crippen LogP contribution in [0.5, 0.6) is 0 Å². The van der Waals surface area contributed by atoms with E-state index in [2.05, 4.69) is 5.32 Å². The van der Waals surface area contributed by atoms with Crippen LogP contribution in [0.3, 0.4) is 0 Å². The molecule has 124 valence electrons. The fourth-order valence-electron chi connectivity index (χ4n) is 3.37. The van der Waals surface area contributed by atoms with Crippen molar-refractivity contribution >= 4 is 23.3 Å². The van der Waals surface area contributed by atoms with Crippen LogP contribution in [0.2, 0.25) is 0 Å². The van der Waals surface area contributed by atoms with Crippen molar-refractivity contribution in [3.63, 3.8) is 0 Å². The van der Waals surface area contributed by atoms with E-state index in [1.54, 1.807) is 24.3 Å². The van der Waals surface area contributed by atoms with E-state index in [1.165, 1.54) is 6.92 Å². The predicted octanol–water partition coefficient (Wildman–Crippen LogP) is 3.64. The highest BCUT2D eigenvalue weighted by molar-refractivity contribution is 5.95. The van der Waals surface area contributed by atoms with Gasteiger partial charge in [0, 0.05) is 17.7 Å². The number of aliphatic carboxylic acids is 1. The first kappa shape index (κ1) is 17.2. The Morgan fingerprint density at radius 1 is 1.04 bits per heavy atom. The first-order valence-electron chi connectivity index (χ1n) is 8.03. The van der Waals surface area contributed by atoms with Crippen molar-refractivity contribution in [2.24, 2.45) is 5.41 Å². The fraction of sp³-hybridized carbons (Fsp3) is 0.500. The second-order valence-electron chi connectivity index (χ2n) is 6.49. The molecule has 0 spiro atoms. The van der Waals surface area contributed by atoms with E-state index in [-0.39, 0.29) is 24.5 Å². The van der Waals surface area contributed by atoms with Gasteiger partial charge in [-0.2, -0.15) is 0 Å². The van der Waals surface area contributed by atoms with Gasteiger partial charge >= 0.3 is 5.97 Å². The van der Waals surface area contributed by atoms with Crippen LogP contribution in [-0.2, 0) is 9.59 Å². The Hall–Kier alpha value is -2.17. The lowest BCUT2D eigenvalue weighted by atomic mass is 9.69. The zero-order valence-electron chi connectivity index (χ0n) is 13.4. The van der Waals surface area contributed by atoms with Gasteiger partial charge in [-0.05, 0) is 49.4 Å². The minimum atomic E-state index is -0.842. The third-order valence-electron chi connectivity index (χ3n) is 4.55. The molecule has 0 unspecified atom stereocenters. The topological polar surface area (TPSA) is 83.5 Å². The summed E-state index contributed by atoms with van der Waals surface area (Å²) in [6, 6.07) is 6.73. The Bertz CT molecular complexity index is 586. The number of ketones is 1. The van der Waals surface area contributed by atoms with E-state index in [9.17, 15) is 14.4 Å². The molecule has 0 aromatic heterocycles. The van der Waals surface area contributed by atoms with Crippen LogP contribution in [-0.4, -0.2) is 22.8 Å². The number of hydrogen-bond acceptors (Lipinski definition) is 3. The number of anilines is 1. The maximum atomic E-state index is 12.3. The third-order valence-corrected chi connectivity index (χ3v) is 4.55. The van der Waals surface area contributed by atoms with Crippen molar-refractivity contribution in [1.29, 1.82) is 0 Å². The minimum absolute atomic E-state index is 0.0227. The Balaban J connectivity index is 2.01. The second kappa shape index (κ2) is 7.40. The summed E-state index contributed by atoms with van der Waals surface area (Å²) in [4.78, 5) is 34.7. The highest BCUT2D eigenvalue weighted by Gasteiger charge is 2.36. The molecule has 1 fully saturated rings. The molecule has 1 amide bonds. The highest BCUT2D eigenvalue weighted by Crippen LogP contribution is 2.42. The lowest BCUT2D eigenvalue weighted by molar-refractivity contribution is -0.140. The standard InChI is InChI=1S/C18H23NO4/c1-13(20)14-5-7-15(8-6-14)19-16(21)11-18(12-17(22)23)9-3-2-4-10-18/h5-8H,2-4,9-12H2,1H3,(H,19,21)(H,22,23). The molecular formula is C18H23NO4. The molecule has 0 atom stereocenters. The molecule has 0 radical (unpaired) electrons. The first-order valence-corrected chi connectivity index (χ1v) is 8.03. The van der Waals surface area contributed by atoms with Gasteiger partial charge in [-0.3, -0.25) is 14.4 Å². The van der Waals surface area contributed by atoms with E-state index in [1.807, 2.05) is 0 Å². The van der Waals surface area contributed by atoms with Gasteiger partial charge in [0.25, 0.3) is 0 Å². The van der Waals surface area contributed by atoms with Crippen LogP contribution in [0.25, 0.3) is 0 Å². The lowest BCUT2D eigenvalue weighted by Gasteiger charge is -2.35. The number of benzene rings is 1. The molecule has 5 heteroatoms. The number of hydrogen-bond donors (Lipinski definition) is 2. The van der Waals surface area contributed by atoms with Crippen LogP contribution in [0.15, 0.2) is 24.3 Å². The van der Waals surface area contributed by atoms with E-state index in [4.69, 9.17) is 5.11 Å². The van der Waals surface area contributed by atoms with Gasteiger partial charge in [-0.15, -0.1) is 0 Å². The van der Waals surface area contributed by atoms with Crippen molar-refractivity contribution in [3.05, 3.63) is 29.8 Å². The molecule has 2 rings (SSSR count). The molecule has 1 aliphatic rings. The number of nitrogens with one attached hydrogen (secondary N) is 1. The molecule has 1 saturated carbocycles. The molecule has 0 heterocycles. The van der Waals surface area contributed by atoms with Gasteiger partial charge in [-0.25, -0.2) is 0 Å². The molecule has 23 heavy (non-hydrogen) atoms. The van der Waals surface area contributed by atoms with E-state index in [0.717, 1.165) is 32.1 Å². The smallest absolute Gasteiger partial charge is 0.303 e. The van der Waals surface area contributed by atoms with Gasteiger partial charge in [0.05, 0.1) is 6.42 Å². The zero-order valence-corrected chi connectivity index (χ0v) is 13.4. The van der Waals surface area contributed by atoms with Crippen molar-refractivity contribution < 1.29 is 19.5 Å². The quantitative estimate of drug-likeness (QED) is 0.785. The monoisotopic (exact) mass is 317 g/mol. The number of Topliss-reactive ketones (excluding diaryl/α,β-unsaturated/α-hetero) is 1. The largest absolute Gasteiger partial charge is 0.481 e. The fourth-order valence-corrected chi connectivity index (χ4v) is 3.37. The van der Waals surface area contributed by atoms with E-state index >= 15 is 0 Å². The lowest BCUT2D eigenvalue weighted by Crippen LogP contribution is -2.32. The minimum Gasteiger partial charge on any atom is -0.481 e. The Labute approximate surface area is 136 Å². The van der Waals surface area contributed by atoms with E-state index in [0.29, 0.717) is 11.3 Å². The summed E-state index contributed by atoms with van der Waals surface area (Å²) in [6.45, 7) is 1.49. The molecule has 0 bridgehead atoms. The number of carboxylic acids is 1. The van der Waals surface area contributed by atoms with Crippen molar-refractivity contribution in [1.82, 2.24) is 0 Å². The maximum Gasteiger partial charge on any atom is 0.303 e. The van der Waals surface area contributed by atoms with E-state index < -0.39 is 11.4 Å². The summed E-state index contributed by atoms with van der Waals surface area (Å²) >= 11 is 0. The van der Waals surface area contributed by atoms with Gasteiger partial charge in [0.2, 0.25) is 5.91 Å². The first-order chi connectivity index (χ1) is 10.9. The maximum absolute atomic E-state index is 12.3. The van der Waals surface area contributed by atoms with Crippen molar-refractivity contribution in [3.8, 4) is 0 Å². The molecule has 0 aliphatic heterocycles. The molecule has 0 saturated heterocycles. The predicted molar refractivity (Wildman–Crippen MR) is 87.5 cm³/mol. The van der Waals surface area contributed by atoms with Gasteiger partial charge in [0.1, 0.15) is 0 Å². The van der Waals surface area contributed by atoms with Crippen molar-refractivity contribution in [2.75, 3.05) is 5.32 Å². The summed E-state index contributed by atoms with van der Waals surface area (Å²) in [5, 5.41) is 12.0. The molecule has 1 aromatic rings. The van der Waals surface area contributed by atoms with Gasteiger partial charge in [-0.1, -0.05) is 19.3 Å². The average Bonchev–Trinajstić information content (AvgIpc) is 2.47. The molecule has 1 aromatic carbocycles. The summed E-state index contributed by atoms with van der Waals surface area (Å²) in [7, 11) is 0. The van der Waals surface area contributed by atoms with Crippen LogP contribution >= 0.6 is 0 Å². The highest BCUT2D eigenvalue weighted by atomic mass is 16.4. The second-order valence-corrected chi connectivity index (χ2v) is 6.49. The Kier molecular flexibility index (Phi) is 5.53. The number of carboxylic acid groups (broad SMARTS) is 1. The van der Waals surface area contributed by atoms with Crippen molar-refractivity contribution in [2.45, 2.75) is 51.9 Å². The molecular weight excluding hydrogens is 294 g/mol. The van der Waals surface area contributed by atoms with Crippen LogP contribution < -0.4 is 5.32 Å². The van der Waals surface area contributed by atoms with Gasteiger partial charge in [0.15, 0.2) is 5.78 Å². The summed E-state index contributed by atoms with van der Waals surface area (Å²) in [6.07, 6.45) is 4.92. The molecule has 2 N–H and O–H groups in total. The van der Waals surface area contributed by atoms with Crippen LogP contribution in [0.4, 0.5) is 5.69 Å². The summed E-state index contributed by atoms with van der Waals surface area (Å²) in [5.74, 6) is -1.03. The summed E-state index contributed by atoms with van der Waals surface area (Å²) < 4.78 is 0. The number of rotatable bonds is 6. The van der Waals surface area contributed by atoms with Crippen LogP contribution in [0, 0.1) is 5.41 Å².